The van der Waals surface area contributed by atoms with E-state index in [1.807, 2.05) is 12.1 Å². The highest BCUT2D eigenvalue weighted by Gasteiger charge is 2.11. The number of hydrogen-bond acceptors (Lipinski definition) is 3. The summed E-state index contributed by atoms with van der Waals surface area (Å²) in [5, 5.41) is 8.99. The predicted molar refractivity (Wildman–Crippen MR) is 69.8 cm³/mol. The third-order valence-electron chi connectivity index (χ3n) is 3.03. The van der Waals surface area contributed by atoms with E-state index in [1.165, 1.54) is 5.56 Å². The third-order valence-corrected chi connectivity index (χ3v) is 3.03. The molecule has 0 saturated carbocycles. The van der Waals surface area contributed by atoms with Crippen molar-refractivity contribution in [1.29, 1.82) is 0 Å². The Bertz CT molecular complexity index is 311. The van der Waals surface area contributed by atoms with Crippen LogP contribution in [0, 0.1) is 0 Å². The molecule has 1 N–H and O–H groups in total. The van der Waals surface area contributed by atoms with E-state index in [0.717, 1.165) is 25.3 Å². The van der Waals surface area contributed by atoms with Gasteiger partial charge >= 0.3 is 0 Å². The van der Waals surface area contributed by atoms with Crippen LogP contribution in [0.1, 0.15) is 25.0 Å². The monoisotopic (exact) mass is 237 g/mol. The molecule has 1 rings (SSSR count). The van der Waals surface area contributed by atoms with E-state index in [9.17, 15) is 0 Å². The number of aliphatic hydroxyl groups is 1. The SMILES string of the molecule is CCN(Cc1ccc(CO)cc1)C(C)COC. The van der Waals surface area contributed by atoms with Crippen LogP contribution in [0.4, 0.5) is 0 Å². The van der Waals surface area contributed by atoms with E-state index in [1.54, 1.807) is 7.11 Å². The molecule has 0 saturated heterocycles. The molecule has 0 bridgehead atoms. The molecule has 3 nitrogen and oxygen atoms in total. The van der Waals surface area contributed by atoms with E-state index < -0.39 is 0 Å². The molecule has 0 heterocycles. The standard InChI is InChI=1S/C14H23NO2/c1-4-15(12(2)11-17-3)9-13-5-7-14(10-16)8-6-13/h5-8,12,16H,4,9-11H2,1-3H3. The first-order chi connectivity index (χ1) is 8.21. The Balaban J connectivity index is 2.60. The summed E-state index contributed by atoms with van der Waals surface area (Å²) in [6, 6.07) is 8.53. The van der Waals surface area contributed by atoms with Crippen molar-refractivity contribution in [3.05, 3.63) is 35.4 Å². The molecule has 1 unspecified atom stereocenters. The molecule has 0 amide bonds. The van der Waals surface area contributed by atoms with Crippen molar-refractivity contribution in [3.63, 3.8) is 0 Å². The fourth-order valence-electron chi connectivity index (χ4n) is 1.91. The lowest BCUT2D eigenvalue weighted by atomic mass is 10.1. The highest BCUT2D eigenvalue weighted by atomic mass is 16.5. The molecular formula is C14H23NO2. The molecule has 1 atom stereocenters. The molecule has 96 valence electrons. The molecule has 3 heteroatoms. The Morgan fingerprint density at radius 3 is 2.29 bits per heavy atom. The van der Waals surface area contributed by atoms with Crippen LogP contribution in [0.2, 0.25) is 0 Å². The van der Waals surface area contributed by atoms with Crippen molar-refractivity contribution in [2.24, 2.45) is 0 Å². The van der Waals surface area contributed by atoms with Gasteiger partial charge in [-0.3, -0.25) is 4.90 Å². The van der Waals surface area contributed by atoms with Gasteiger partial charge in [0.1, 0.15) is 0 Å². The highest BCUT2D eigenvalue weighted by Crippen LogP contribution is 2.10. The topological polar surface area (TPSA) is 32.7 Å². The lowest BCUT2D eigenvalue weighted by molar-refractivity contribution is 0.0982. The van der Waals surface area contributed by atoms with Gasteiger partial charge < -0.3 is 9.84 Å². The van der Waals surface area contributed by atoms with Crippen molar-refractivity contribution in [1.82, 2.24) is 4.90 Å². The molecule has 0 fully saturated rings. The molecule has 0 radical (unpaired) electrons. The fraction of sp³-hybridized carbons (Fsp3) is 0.571. The minimum atomic E-state index is 0.109. The molecule has 0 spiro atoms. The van der Waals surface area contributed by atoms with Gasteiger partial charge in [-0.15, -0.1) is 0 Å². The van der Waals surface area contributed by atoms with Gasteiger partial charge in [0.15, 0.2) is 0 Å². The van der Waals surface area contributed by atoms with Gasteiger partial charge in [-0.25, -0.2) is 0 Å². The summed E-state index contributed by atoms with van der Waals surface area (Å²) in [5.74, 6) is 0. The second-order valence-electron chi connectivity index (χ2n) is 4.34. The summed E-state index contributed by atoms with van der Waals surface area (Å²) in [6.07, 6.45) is 0. The maximum absolute atomic E-state index is 8.99. The summed E-state index contributed by atoms with van der Waals surface area (Å²) in [7, 11) is 1.74. The van der Waals surface area contributed by atoms with Crippen molar-refractivity contribution < 1.29 is 9.84 Å². The average molecular weight is 237 g/mol. The number of methoxy groups -OCH3 is 1. The summed E-state index contributed by atoms with van der Waals surface area (Å²) < 4.78 is 5.19. The first-order valence-corrected chi connectivity index (χ1v) is 6.12. The number of likely N-dealkylation sites (N-methyl/N-ethyl adjacent to an activating group) is 1. The number of aliphatic hydroxyl groups excluding tert-OH is 1. The zero-order valence-electron chi connectivity index (χ0n) is 11.0. The zero-order valence-corrected chi connectivity index (χ0v) is 11.0. The maximum Gasteiger partial charge on any atom is 0.0681 e. The normalized spacial score (nSPS) is 13.0. The minimum Gasteiger partial charge on any atom is -0.392 e. The Hall–Kier alpha value is -0.900. The van der Waals surface area contributed by atoms with Gasteiger partial charge in [0, 0.05) is 19.7 Å². The van der Waals surface area contributed by atoms with Crippen LogP contribution >= 0.6 is 0 Å². The molecule has 1 aromatic rings. The van der Waals surface area contributed by atoms with E-state index in [4.69, 9.17) is 9.84 Å². The molecular weight excluding hydrogens is 214 g/mol. The van der Waals surface area contributed by atoms with Gasteiger partial charge in [-0.1, -0.05) is 31.2 Å². The lowest BCUT2D eigenvalue weighted by Gasteiger charge is -2.27. The molecule has 1 aromatic carbocycles. The summed E-state index contributed by atoms with van der Waals surface area (Å²) >= 11 is 0. The Labute approximate surface area is 104 Å². The van der Waals surface area contributed by atoms with Crippen LogP contribution in [0.15, 0.2) is 24.3 Å². The van der Waals surface area contributed by atoms with Crippen molar-refractivity contribution in [2.75, 3.05) is 20.3 Å². The Morgan fingerprint density at radius 1 is 1.24 bits per heavy atom. The second kappa shape index (κ2) is 7.43. The minimum absolute atomic E-state index is 0.109. The van der Waals surface area contributed by atoms with E-state index >= 15 is 0 Å². The first-order valence-electron chi connectivity index (χ1n) is 6.12. The number of benzene rings is 1. The summed E-state index contributed by atoms with van der Waals surface area (Å²) in [6.45, 7) is 7.13. The van der Waals surface area contributed by atoms with Crippen molar-refractivity contribution >= 4 is 0 Å². The maximum atomic E-state index is 8.99. The smallest absolute Gasteiger partial charge is 0.0681 e. The van der Waals surface area contributed by atoms with Crippen molar-refractivity contribution in [3.8, 4) is 0 Å². The molecule has 17 heavy (non-hydrogen) atoms. The number of ether oxygens (including phenoxy) is 1. The Kier molecular flexibility index (Phi) is 6.19. The largest absolute Gasteiger partial charge is 0.392 e. The van der Waals surface area contributed by atoms with Crippen LogP contribution in [0.5, 0.6) is 0 Å². The van der Waals surface area contributed by atoms with Crippen LogP contribution in [-0.4, -0.2) is 36.3 Å². The predicted octanol–water partition coefficient (Wildman–Crippen LogP) is 2.04. The van der Waals surface area contributed by atoms with Gasteiger partial charge in [-0.2, -0.15) is 0 Å². The molecule has 0 aliphatic heterocycles. The first kappa shape index (κ1) is 14.2. The van der Waals surface area contributed by atoms with Crippen LogP contribution in [0.3, 0.4) is 0 Å². The van der Waals surface area contributed by atoms with Gasteiger partial charge in [0.25, 0.3) is 0 Å². The quantitative estimate of drug-likeness (QED) is 0.787. The fourth-order valence-corrected chi connectivity index (χ4v) is 1.91. The van der Waals surface area contributed by atoms with E-state index in [2.05, 4.69) is 30.9 Å². The molecule has 0 aliphatic carbocycles. The molecule has 0 aromatic heterocycles. The van der Waals surface area contributed by atoms with Gasteiger partial charge in [0.05, 0.1) is 13.2 Å². The number of rotatable bonds is 7. The number of nitrogens with zero attached hydrogens (tertiary/aromatic N) is 1. The van der Waals surface area contributed by atoms with Crippen LogP contribution in [-0.2, 0) is 17.9 Å². The van der Waals surface area contributed by atoms with Crippen LogP contribution in [0.25, 0.3) is 0 Å². The van der Waals surface area contributed by atoms with Crippen molar-refractivity contribution in [2.45, 2.75) is 33.0 Å². The Morgan fingerprint density at radius 2 is 1.82 bits per heavy atom. The molecule has 0 aliphatic rings. The second-order valence-corrected chi connectivity index (χ2v) is 4.34. The third kappa shape index (κ3) is 4.46. The van der Waals surface area contributed by atoms with Gasteiger partial charge in [-0.05, 0) is 24.6 Å². The lowest BCUT2D eigenvalue weighted by Crippen LogP contribution is -2.35. The van der Waals surface area contributed by atoms with Crippen LogP contribution < -0.4 is 0 Å². The van der Waals surface area contributed by atoms with Gasteiger partial charge in [0.2, 0.25) is 0 Å². The van der Waals surface area contributed by atoms with E-state index in [0.29, 0.717) is 6.04 Å². The summed E-state index contributed by atoms with van der Waals surface area (Å²) in [5.41, 5.74) is 2.23. The average Bonchev–Trinajstić information content (AvgIpc) is 2.37. The zero-order chi connectivity index (χ0) is 12.7. The van der Waals surface area contributed by atoms with E-state index in [-0.39, 0.29) is 6.61 Å². The highest BCUT2D eigenvalue weighted by molar-refractivity contribution is 5.21. The summed E-state index contributed by atoms with van der Waals surface area (Å²) in [4.78, 5) is 2.37. The number of hydrogen-bond donors (Lipinski definition) is 1.